The highest BCUT2D eigenvalue weighted by Crippen LogP contribution is 2.19. The number of anilines is 2. The molecule has 0 saturated heterocycles. The number of rotatable bonds is 6. The third kappa shape index (κ3) is 4.98. The second-order valence-electron chi connectivity index (χ2n) is 5.66. The van der Waals surface area contributed by atoms with Crippen molar-refractivity contribution in [2.45, 2.75) is 6.42 Å². The van der Waals surface area contributed by atoms with Gasteiger partial charge in [0.1, 0.15) is 17.5 Å². The van der Waals surface area contributed by atoms with Crippen LogP contribution < -0.4 is 10.6 Å². The Balaban J connectivity index is 1.55. The maximum Gasteiger partial charge on any atom is 0.276 e. The van der Waals surface area contributed by atoms with Crippen molar-refractivity contribution in [3.63, 3.8) is 0 Å². The number of benzene rings is 2. The van der Waals surface area contributed by atoms with E-state index < -0.39 is 11.7 Å². The zero-order chi connectivity index (χ0) is 19.2. The molecule has 138 valence electrons. The van der Waals surface area contributed by atoms with Crippen molar-refractivity contribution >= 4 is 29.0 Å². The summed E-state index contributed by atoms with van der Waals surface area (Å²) >= 11 is 5.68. The molecule has 0 aliphatic heterocycles. The Morgan fingerprint density at radius 1 is 1.00 bits per heavy atom. The standard InChI is InChI=1S/C19H15ClF2N4O/c20-14-11-13(5-6-16(14)22)24-19(27)17-7-8-18(26-25-17)23-10-9-12-3-1-2-4-15(12)21/h1-8,11H,9-10H2,(H,23,26)(H,24,27). The second-order valence-corrected chi connectivity index (χ2v) is 6.06. The number of hydrogen-bond donors (Lipinski definition) is 2. The van der Waals surface area contributed by atoms with Crippen LogP contribution >= 0.6 is 11.6 Å². The zero-order valence-corrected chi connectivity index (χ0v) is 14.8. The lowest BCUT2D eigenvalue weighted by Crippen LogP contribution is -2.15. The van der Waals surface area contributed by atoms with Crippen molar-refractivity contribution in [3.8, 4) is 0 Å². The van der Waals surface area contributed by atoms with Gasteiger partial charge in [-0.25, -0.2) is 8.78 Å². The van der Waals surface area contributed by atoms with Gasteiger partial charge in [-0.15, -0.1) is 10.2 Å². The Labute approximate surface area is 159 Å². The van der Waals surface area contributed by atoms with Gasteiger partial charge in [-0.1, -0.05) is 29.8 Å². The van der Waals surface area contributed by atoms with Crippen LogP contribution in [0.2, 0.25) is 5.02 Å². The lowest BCUT2D eigenvalue weighted by Gasteiger charge is -2.07. The Hall–Kier alpha value is -3.06. The minimum Gasteiger partial charge on any atom is -0.368 e. The largest absolute Gasteiger partial charge is 0.368 e. The van der Waals surface area contributed by atoms with Crippen molar-refractivity contribution in [2.24, 2.45) is 0 Å². The molecule has 2 N–H and O–H groups in total. The van der Waals surface area contributed by atoms with E-state index in [-0.39, 0.29) is 16.5 Å². The van der Waals surface area contributed by atoms with Gasteiger partial charge in [0.05, 0.1) is 5.02 Å². The third-order valence-electron chi connectivity index (χ3n) is 3.73. The Morgan fingerprint density at radius 2 is 1.81 bits per heavy atom. The van der Waals surface area contributed by atoms with E-state index in [4.69, 9.17) is 11.6 Å². The van der Waals surface area contributed by atoms with Crippen LogP contribution in [0.5, 0.6) is 0 Å². The molecule has 0 atom stereocenters. The Bertz CT molecular complexity index is 951. The summed E-state index contributed by atoms with van der Waals surface area (Å²) in [7, 11) is 0. The first-order valence-corrected chi connectivity index (χ1v) is 8.48. The van der Waals surface area contributed by atoms with Crippen molar-refractivity contribution in [1.82, 2.24) is 10.2 Å². The van der Waals surface area contributed by atoms with Crippen LogP contribution in [0.1, 0.15) is 16.1 Å². The second kappa shape index (κ2) is 8.55. The molecule has 0 aliphatic carbocycles. The van der Waals surface area contributed by atoms with Gasteiger partial charge >= 0.3 is 0 Å². The highest BCUT2D eigenvalue weighted by Gasteiger charge is 2.10. The summed E-state index contributed by atoms with van der Waals surface area (Å²) in [5.41, 5.74) is 1.04. The van der Waals surface area contributed by atoms with E-state index in [0.29, 0.717) is 30.0 Å². The average Bonchev–Trinajstić information content (AvgIpc) is 2.67. The molecule has 3 aromatic rings. The van der Waals surface area contributed by atoms with Crippen molar-refractivity contribution < 1.29 is 13.6 Å². The molecule has 0 aliphatic rings. The number of nitrogens with one attached hydrogen (secondary N) is 2. The molecule has 2 aromatic carbocycles. The summed E-state index contributed by atoms with van der Waals surface area (Å²) in [5, 5.41) is 13.3. The number of nitrogens with zero attached hydrogens (tertiary/aromatic N) is 2. The molecule has 0 unspecified atom stereocenters. The molecule has 0 fully saturated rings. The fraction of sp³-hybridized carbons (Fsp3) is 0.105. The molecule has 8 heteroatoms. The van der Waals surface area contributed by atoms with Gasteiger partial charge in [-0.3, -0.25) is 4.79 Å². The summed E-state index contributed by atoms with van der Waals surface area (Å²) in [6, 6.07) is 13.5. The van der Waals surface area contributed by atoms with Crippen LogP contribution in [-0.2, 0) is 6.42 Å². The van der Waals surface area contributed by atoms with Crippen LogP contribution in [0, 0.1) is 11.6 Å². The molecule has 5 nitrogen and oxygen atoms in total. The van der Waals surface area contributed by atoms with Gasteiger partial charge in [-0.05, 0) is 48.4 Å². The van der Waals surface area contributed by atoms with Gasteiger partial charge < -0.3 is 10.6 Å². The number of hydrogen-bond acceptors (Lipinski definition) is 4. The minimum absolute atomic E-state index is 0.0896. The van der Waals surface area contributed by atoms with Gasteiger partial charge in [0.25, 0.3) is 5.91 Å². The number of halogens is 3. The highest BCUT2D eigenvalue weighted by molar-refractivity contribution is 6.31. The van der Waals surface area contributed by atoms with Crippen molar-refractivity contribution in [2.75, 3.05) is 17.2 Å². The van der Waals surface area contributed by atoms with E-state index in [1.165, 1.54) is 24.3 Å². The normalized spacial score (nSPS) is 10.5. The third-order valence-corrected chi connectivity index (χ3v) is 4.02. The molecule has 0 spiro atoms. The fourth-order valence-corrected chi connectivity index (χ4v) is 2.52. The molecule has 0 saturated carbocycles. The molecule has 1 amide bonds. The van der Waals surface area contributed by atoms with Gasteiger partial charge in [0.2, 0.25) is 0 Å². The minimum atomic E-state index is -0.569. The van der Waals surface area contributed by atoms with E-state index in [1.807, 2.05) is 0 Å². The SMILES string of the molecule is O=C(Nc1ccc(F)c(Cl)c1)c1ccc(NCCc2ccccc2F)nn1. The summed E-state index contributed by atoms with van der Waals surface area (Å²) in [5.74, 6) is -0.852. The first-order chi connectivity index (χ1) is 13.0. The topological polar surface area (TPSA) is 66.9 Å². The quantitative estimate of drug-likeness (QED) is 0.660. The first kappa shape index (κ1) is 18.7. The first-order valence-electron chi connectivity index (χ1n) is 8.10. The molecule has 3 rings (SSSR count). The van der Waals surface area contributed by atoms with E-state index in [1.54, 1.807) is 24.3 Å². The molecule has 1 heterocycles. The lowest BCUT2D eigenvalue weighted by molar-refractivity contribution is 0.102. The maximum atomic E-state index is 13.6. The smallest absolute Gasteiger partial charge is 0.276 e. The van der Waals surface area contributed by atoms with Gasteiger partial charge in [0, 0.05) is 12.2 Å². The molecule has 0 bridgehead atoms. The van der Waals surface area contributed by atoms with Crippen LogP contribution in [0.3, 0.4) is 0 Å². The molecular weight excluding hydrogens is 374 g/mol. The number of carbonyl (C=O) groups is 1. The summed E-state index contributed by atoms with van der Waals surface area (Å²) in [6.07, 6.45) is 0.488. The Morgan fingerprint density at radius 3 is 2.52 bits per heavy atom. The lowest BCUT2D eigenvalue weighted by atomic mass is 10.1. The fourth-order valence-electron chi connectivity index (χ4n) is 2.34. The summed E-state index contributed by atoms with van der Waals surface area (Å²) in [4.78, 5) is 12.1. The molecular formula is C19H15ClF2N4O. The Kier molecular flexibility index (Phi) is 5.93. The van der Waals surface area contributed by atoms with Gasteiger partial charge in [0.15, 0.2) is 5.69 Å². The maximum absolute atomic E-state index is 13.6. The van der Waals surface area contributed by atoms with Crippen LogP contribution in [0.25, 0.3) is 0 Å². The van der Waals surface area contributed by atoms with Crippen molar-refractivity contribution in [3.05, 3.63) is 82.5 Å². The highest BCUT2D eigenvalue weighted by atomic mass is 35.5. The van der Waals surface area contributed by atoms with Crippen LogP contribution in [0.15, 0.2) is 54.6 Å². The number of amides is 1. The monoisotopic (exact) mass is 388 g/mol. The van der Waals surface area contributed by atoms with E-state index >= 15 is 0 Å². The van der Waals surface area contributed by atoms with E-state index in [9.17, 15) is 13.6 Å². The molecule has 1 aromatic heterocycles. The summed E-state index contributed by atoms with van der Waals surface area (Å²) in [6.45, 7) is 0.467. The zero-order valence-electron chi connectivity index (χ0n) is 14.0. The summed E-state index contributed by atoms with van der Waals surface area (Å²) < 4.78 is 26.7. The predicted octanol–water partition coefficient (Wildman–Crippen LogP) is 4.32. The van der Waals surface area contributed by atoms with E-state index in [0.717, 1.165) is 6.07 Å². The van der Waals surface area contributed by atoms with Crippen LogP contribution in [0.4, 0.5) is 20.3 Å². The van der Waals surface area contributed by atoms with Crippen molar-refractivity contribution in [1.29, 1.82) is 0 Å². The average molecular weight is 389 g/mol. The van der Waals surface area contributed by atoms with Gasteiger partial charge in [-0.2, -0.15) is 0 Å². The van der Waals surface area contributed by atoms with Crippen LogP contribution in [-0.4, -0.2) is 22.6 Å². The molecule has 0 radical (unpaired) electrons. The number of carbonyl (C=O) groups excluding carboxylic acids is 1. The van der Waals surface area contributed by atoms with E-state index in [2.05, 4.69) is 20.8 Å². The predicted molar refractivity (Wildman–Crippen MR) is 100.0 cm³/mol. The molecule has 27 heavy (non-hydrogen) atoms. The number of aromatic nitrogens is 2.